The van der Waals surface area contributed by atoms with Crippen LogP contribution in [0.25, 0.3) is 0 Å². The fourth-order valence-electron chi connectivity index (χ4n) is 2.10. The van der Waals surface area contributed by atoms with Crippen LogP contribution < -0.4 is 0 Å². The zero-order valence-electron chi connectivity index (χ0n) is 10.8. The van der Waals surface area contributed by atoms with E-state index in [1.807, 2.05) is 33.0 Å². The van der Waals surface area contributed by atoms with Crippen molar-refractivity contribution >= 4 is 5.91 Å². The summed E-state index contributed by atoms with van der Waals surface area (Å²) in [6.45, 7) is 6.04. The predicted molar refractivity (Wildman–Crippen MR) is 66.7 cm³/mol. The zero-order valence-corrected chi connectivity index (χ0v) is 10.8. The van der Waals surface area contributed by atoms with Crippen LogP contribution in [-0.4, -0.2) is 30.1 Å². The highest BCUT2D eigenvalue weighted by Gasteiger charge is 2.43. The standard InChI is InChI=1S/C14H19NO2/c1-9-7-5-6-8-12(9)10(2)15(4)14(16)13-11(3)17-13/h5-8,10-11,13H,1-4H3/t10?,11-,13+/m0/s1. The molecule has 0 bridgehead atoms. The number of epoxide rings is 1. The van der Waals surface area contributed by atoms with Crippen LogP contribution >= 0.6 is 0 Å². The van der Waals surface area contributed by atoms with E-state index in [2.05, 4.69) is 19.1 Å². The highest BCUT2D eigenvalue weighted by atomic mass is 16.6. The first-order valence-corrected chi connectivity index (χ1v) is 6.00. The van der Waals surface area contributed by atoms with Gasteiger partial charge in [-0.15, -0.1) is 0 Å². The minimum atomic E-state index is -0.230. The summed E-state index contributed by atoms with van der Waals surface area (Å²) in [7, 11) is 1.84. The molecule has 1 unspecified atom stereocenters. The number of carbonyl (C=O) groups is 1. The first-order valence-electron chi connectivity index (χ1n) is 6.00. The Hall–Kier alpha value is -1.35. The van der Waals surface area contributed by atoms with Crippen LogP contribution in [0.5, 0.6) is 0 Å². The van der Waals surface area contributed by atoms with Crippen molar-refractivity contribution in [1.29, 1.82) is 0 Å². The molecular formula is C14H19NO2. The maximum atomic E-state index is 12.0. The van der Waals surface area contributed by atoms with E-state index in [9.17, 15) is 4.79 Å². The SMILES string of the molecule is Cc1ccccc1C(C)N(C)C(=O)[C@@H]1O[C@H]1C. The Morgan fingerprint density at radius 1 is 1.41 bits per heavy atom. The third-order valence-electron chi connectivity index (χ3n) is 3.52. The molecule has 1 amide bonds. The largest absolute Gasteiger partial charge is 0.359 e. The van der Waals surface area contributed by atoms with Crippen molar-refractivity contribution in [2.45, 2.75) is 39.0 Å². The number of nitrogens with zero attached hydrogens (tertiary/aromatic N) is 1. The van der Waals surface area contributed by atoms with Crippen molar-refractivity contribution in [3.8, 4) is 0 Å². The quantitative estimate of drug-likeness (QED) is 0.750. The number of likely N-dealkylation sites (N-methyl/N-ethyl adjacent to an activating group) is 1. The highest BCUT2D eigenvalue weighted by Crippen LogP contribution is 2.28. The molecule has 1 saturated heterocycles. The molecule has 0 radical (unpaired) electrons. The van der Waals surface area contributed by atoms with Crippen molar-refractivity contribution in [1.82, 2.24) is 4.90 Å². The minimum Gasteiger partial charge on any atom is -0.359 e. The van der Waals surface area contributed by atoms with Crippen molar-refractivity contribution in [2.24, 2.45) is 0 Å². The van der Waals surface area contributed by atoms with Gasteiger partial charge in [0.25, 0.3) is 5.91 Å². The van der Waals surface area contributed by atoms with Gasteiger partial charge in [0.05, 0.1) is 12.1 Å². The van der Waals surface area contributed by atoms with E-state index < -0.39 is 0 Å². The van der Waals surface area contributed by atoms with Gasteiger partial charge in [0.1, 0.15) is 0 Å². The lowest BCUT2D eigenvalue weighted by Gasteiger charge is -2.26. The number of hydrogen-bond acceptors (Lipinski definition) is 2. The van der Waals surface area contributed by atoms with E-state index in [1.165, 1.54) is 11.1 Å². The molecule has 3 nitrogen and oxygen atoms in total. The molecule has 1 aliphatic rings. The summed E-state index contributed by atoms with van der Waals surface area (Å²) in [5.41, 5.74) is 2.40. The van der Waals surface area contributed by atoms with E-state index in [1.54, 1.807) is 4.90 Å². The maximum absolute atomic E-state index is 12.0. The van der Waals surface area contributed by atoms with Crippen LogP contribution in [0.1, 0.15) is 31.0 Å². The lowest BCUT2D eigenvalue weighted by atomic mass is 10.0. The zero-order chi connectivity index (χ0) is 12.6. The Labute approximate surface area is 102 Å². The molecule has 1 aliphatic heterocycles. The molecule has 2 rings (SSSR count). The summed E-state index contributed by atoms with van der Waals surface area (Å²) in [5, 5.41) is 0. The van der Waals surface area contributed by atoms with E-state index in [0.717, 1.165) is 0 Å². The van der Waals surface area contributed by atoms with Gasteiger partial charge in [-0.25, -0.2) is 0 Å². The second-order valence-electron chi connectivity index (χ2n) is 4.74. The molecule has 3 atom stereocenters. The lowest BCUT2D eigenvalue weighted by Crippen LogP contribution is -2.34. The Bertz CT molecular complexity index is 430. The molecule has 0 aliphatic carbocycles. The first kappa shape index (κ1) is 12.1. The van der Waals surface area contributed by atoms with Crippen LogP contribution in [-0.2, 0) is 9.53 Å². The van der Waals surface area contributed by atoms with E-state index in [4.69, 9.17) is 4.74 Å². The predicted octanol–water partition coefficient (Wildman–Crippen LogP) is 2.30. The number of rotatable bonds is 3. The molecule has 3 heteroatoms. The molecule has 0 N–H and O–H groups in total. The van der Waals surface area contributed by atoms with Crippen LogP contribution in [0.2, 0.25) is 0 Å². The van der Waals surface area contributed by atoms with Gasteiger partial charge in [-0.1, -0.05) is 24.3 Å². The monoisotopic (exact) mass is 233 g/mol. The second-order valence-corrected chi connectivity index (χ2v) is 4.74. The molecule has 0 saturated carbocycles. The molecule has 0 spiro atoms. The summed E-state index contributed by atoms with van der Waals surface area (Å²) >= 11 is 0. The third-order valence-corrected chi connectivity index (χ3v) is 3.52. The number of ether oxygens (including phenoxy) is 1. The van der Waals surface area contributed by atoms with Crippen LogP contribution in [0.15, 0.2) is 24.3 Å². The molecule has 0 aromatic heterocycles. The number of aryl methyl sites for hydroxylation is 1. The molecule has 1 aromatic rings. The average molecular weight is 233 g/mol. The maximum Gasteiger partial charge on any atom is 0.254 e. The number of amides is 1. The Morgan fingerprint density at radius 2 is 2.00 bits per heavy atom. The smallest absolute Gasteiger partial charge is 0.254 e. The van der Waals surface area contributed by atoms with Crippen LogP contribution in [0, 0.1) is 6.92 Å². The second kappa shape index (κ2) is 4.49. The summed E-state index contributed by atoms with van der Waals surface area (Å²) < 4.78 is 5.22. The Morgan fingerprint density at radius 3 is 2.53 bits per heavy atom. The topological polar surface area (TPSA) is 32.8 Å². The average Bonchev–Trinajstić information content (AvgIpc) is 3.04. The Kier molecular flexibility index (Phi) is 3.20. The van der Waals surface area contributed by atoms with Crippen molar-refractivity contribution in [3.63, 3.8) is 0 Å². The summed E-state index contributed by atoms with van der Waals surface area (Å²) in [5.74, 6) is 0.0771. The van der Waals surface area contributed by atoms with E-state index in [0.29, 0.717) is 0 Å². The van der Waals surface area contributed by atoms with Gasteiger partial charge >= 0.3 is 0 Å². The van der Waals surface area contributed by atoms with Gasteiger partial charge in [-0.2, -0.15) is 0 Å². The number of benzene rings is 1. The first-order chi connectivity index (χ1) is 8.02. The summed E-state index contributed by atoms with van der Waals surface area (Å²) in [6.07, 6.45) is -0.152. The van der Waals surface area contributed by atoms with Crippen molar-refractivity contribution in [2.75, 3.05) is 7.05 Å². The van der Waals surface area contributed by atoms with Gasteiger partial charge in [0.2, 0.25) is 0 Å². The third kappa shape index (κ3) is 2.34. The molecule has 1 fully saturated rings. The summed E-state index contributed by atoms with van der Waals surface area (Å²) in [6, 6.07) is 8.24. The van der Waals surface area contributed by atoms with Gasteiger partial charge in [0.15, 0.2) is 6.10 Å². The van der Waals surface area contributed by atoms with Crippen molar-refractivity contribution in [3.05, 3.63) is 35.4 Å². The van der Waals surface area contributed by atoms with Gasteiger partial charge in [-0.3, -0.25) is 4.79 Å². The van der Waals surface area contributed by atoms with Crippen LogP contribution in [0.3, 0.4) is 0 Å². The molecule has 92 valence electrons. The van der Waals surface area contributed by atoms with Crippen molar-refractivity contribution < 1.29 is 9.53 Å². The molecule has 1 heterocycles. The Balaban J connectivity index is 2.12. The van der Waals surface area contributed by atoms with Gasteiger partial charge in [-0.05, 0) is 31.9 Å². The summed E-state index contributed by atoms with van der Waals surface area (Å²) in [4.78, 5) is 13.8. The molecular weight excluding hydrogens is 214 g/mol. The molecule has 17 heavy (non-hydrogen) atoms. The van der Waals surface area contributed by atoms with E-state index >= 15 is 0 Å². The minimum absolute atomic E-state index is 0.0771. The van der Waals surface area contributed by atoms with Crippen LogP contribution in [0.4, 0.5) is 0 Å². The van der Waals surface area contributed by atoms with E-state index in [-0.39, 0.29) is 24.2 Å². The van der Waals surface area contributed by atoms with Gasteiger partial charge < -0.3 is 9.64 Å². The number of carbonyl (C=O) groups excluding carboxylic acids is 1. The highest BCUT2D eigenvalue weighted by molar-refractivity contribution is 5.83. The molecule has 1 aromatic carbocycles. The lowest BCUT2D eigenvalue weighted by molar-refractivity contribution is -0.133. The van der Waals surface area contributed by atoms with Gasteiger partial charge in [0, 0.05) is 7.05 Å². The fourth-order valence-corrected chi connectivity index (χ4v) is 2.10. The normalized spacial score (nSPS) is 24.2. The fraction of sp³-hybridized carbons (Fsp3) is 0.500. The number of hydrogen-bond donors (Lipinski definition) is 0.